The lowest BCUT2D eigenvalue weighted by Crippen LogP contribution is -2.50. The van der Waals surface area contributed by atoms with Gasteiger partial charge in [0.1, 0.15) is 9.76 Å². The molecule has 0 amide bonds. The summed E-state index contributed by atoms with van der Waals surface area (Å²) in [5.41, 5.74) is 3.94. The Hall–Kier alpha value is 0.234. The van der Waals surface area contributed by atoms with Gasteiger partial charge in [-0.1, -0.05) is 45.4 Å². The van der Waals surface area contributed by atoms with E-state index in [4.69, 9.17) is 25.2 Å². The van der Waals surface area contributed by atoms with E-state index in [1.807, 2.05) is 0 Å². The van der Waals surface area contributed by atoms with Crippen LogP contribution in [0.5, 0.6) is 0 Å². The van der Waals surface area contributed by atoms with Crippen molar-refractivity contribution in [3.05, 3.63) is 0 Å². The first-order valence-corrected chi connectivity index (χ1v) is 13.5. The van der Waals surface area contributed by atoms with Crippen molar-refractivity contribution in [2.75, 3.05) is 19.8 Å². The van der Waals surface area contributed by atoms with Crippen LogP contribution in [0, 0.1) is 0 Å². The Kier molecular flexibility index (Phi) is 16.5. The van der Waals surface area contributed by atoms with Crippen molar-refractivity contribution in [1.82, 2.24) is 0 Å². The summed E-state index contributed by atoms with van der Waals surface area (Å²) in [6, 6.07) is 1.40. The number of hydrogen-bond donors (Lipinski definition) is 4. The number of aliphatic hydroxyl groups is 3. The van der Waals surface area contributed by atoms with Crippen LogP contribution < -0.4 is 5.73 Å². The topological polar surface area (TPSA) is 95.9 Å². The van der Waals surface area contributed by atoms with E-state index in [0.29, 0.717) is 0 Å². The molecule has 136 valence electrons. The van der Waals surface area contributed by atoms with Crippen LogP contribution in [0.3, 0.4) is 0 Å². The lowest BCUT2D eigenvalue weighted by atomic mass is 10.1. The second-order valence-electron chi connectivity index (χ2n) is 6.92. The minimum Gasteiger partial charge on any atom is -0.461 e. The number of aliphatic hydroxyl groups excluding tert-OH is 3. The van der Waals surface area contributed by atoms with Gasteiger partial charge >= 0.3 is 0 Å². The summed E-state index contributed by atoms with van der Waals surface area (Å²) in [5, 5.41) is 25.0. The highest BCUT2D eigenvalue weighted by Gasteiger charge is 2.20. The molecule has 0 unspecified atom stereocenters. The minimum atomic E-state index is -1.21. The van der Waals surface area contributed by atoms with Gasteiger partial charge in [-0.2, -0.15) is 0 Å². The summed E-state index contributed by atoms with van der Waals surface area (Å²) in [6.07, 6.45) is 8.50. The van der Waals surface area contributed by atoms with Crippen LogP contribution in [0.25, 0.3) is 0 Å². The molecule has 0 saturated carbocycles. The third-order valence-corrected chi connectivity index (χ3v) is 8.30. The fourth-order valence-corrected chi connectivity index (χ4v) is 5.17. The molecule has 0 heterocycles. The maximum atomic E-state index is 8.34. The molecule has 5 N–H and O–H groups in total. The van der Waals surface area contributed by atoms with Gasteiger partial charge in [0.25, 0.3) is 0 Å². The average Bonchev–Trinajstić information content (AvgIpc) is 2.49. The van der Waals surface area contributed by atoms with Gasteiger partial charge in [0, 0.05) is 0 Å². The molecular formula is C15H39NO4Si2. The van der Waals surface area contributed by atoms with Crippen molar-refractivity contribution < 1.29 is 19.4 Å². The Morgan fingerprint density at radius 1 is 0.909 bits per heavy atom. The molecule has 0 bridgehead atoms. The fourth-order valence-electron chi connectivity index (χ4n) is 1.59. The van der Waals surface area contributed by atoms with E-state index in [-0.39, 0.29) is 9.76 Å². The lowest BCUT2D eigenvalue weighted by Gasteiger charge is -2.20. The van der Waals surface area contributed by atoms with Crippen molar-refractivity contribution in [2.24, 2.45) is 5.73 Å². The number of nitrogens with two attached hydrogens (primary N) is 1. The molecule has 5 nitrogen and oxygen atoms in total. The van der Waals surface area contributed by atoms with Gasteiger partial charge < -0.3 is 25.2 Å². The maximum absolute atomic E-state index is 8.34. The number of hydrogen-bond acceptors (Lipinski definition) is 5. The second kappa shape index (κ2) is 14.8. The third-order valence-electron chi connectivity index (χ3n) is 3.23. The fraction of sp³-hybridized carbons (Fsp3) is 1.00. The highest BCUT2D eigenvalue weighted by molar-refractivity contribution is 6.73. The Bertz CT molecular complexity index is 226. The first kappa shape index (κ1) is 24.5. The van der Waals surface area contributed by atoms with Crippen LogP contribution in [-0.2, 0) is 4.12 Å². The van der Waals surface area contributed by atoms with Gasteiger partial charge in [-0.05, 0) is 25.7 Å². The van der Waals surface area contributed by atoms with Gasteiger partial charge in [-0.25, -0.2) is 0 Å². The van der Waals surface area contributed by atoms with Crippen molar-refractivity contribution in [3.8, 4) is 0 Å². The van der Waals surface area contributed by atoms with Crippen LogP contribution in [0.2, 0.25) is 25.7 Å². The molecule has 0 aromatic heterocycles. The summed E-state index contributed by atoms with van der Waals surface area (Å²) >= 11 is 0. The van der Waals surface area contributed by atoms with Crippen molar-refractivity contribution >= 4 is 18.1 Å². The van der Waals surface area contributed by atoms with Crippen LogP contribution in [-0.4, -0.2) is 58.8 Å². The SMILES string of the molecule is CCCCCCCC[SiH2]O[Si](C)(C)C.NC(CO)(CO)CO. The van der Waals surface area contributed by atoms with Crippen LogP contribution >= 0.6 is 0 Å². The highest BCUT2D eigenvalue weighted by Crippen LogP contribution is 2.08. The van der Waals surface area contributed by atoms with E-state index in [1.165, 1.54) is 44.6 Å². The molecule has 0 rings (SSSR count). The van der Waals surface area contributed by atoms with Crippen molar-refractivity contribution in [1.29, 1.82) is 0 Å². The van der Waals surface area contributed by atoms with Crippen LogP contribution in [0.1, 0.15) is 45.4 Å². The van der Waals surface area contributed by atoms with Gasteiger partial charge in [0.2, 0.25) is 0 Å². The Labute approximate surface area is 140 Å². The van der Waals surface area contributed by atoms with E-state index >= 15 is 0 Å². The summed E-state index contributed by atoms with van der Waals surface area (Å²) in [4.78, 5) is 0. The number of rotatable bonds is 12. The zero-order valence-electron chi connectivity index (χ0n) is 15.1. The summed E-state index contributed by atoms with van der Waals surface area (Å²) in [6.45, 7) is 7.94. The van der Waals surface area contributed by atoms with Crippen LogP contribution in [0.4, 0.5) is 0 Å². The predicted octanol–water partition coefficient (Wildman–Crippen LogP) is 1.36. The Morgan fingerprint density at radius 2 is 1.36 bits per heavy atom. The first-order valence-electron chi connectivity index (χ1n) is 8.50. The molecule has 0 saturated heterocycles. The largest absolute Gasteiger partial charge is 0.461 e. The zero-order valence-corrected chi connectivity index (χ0v) is 17.5. The first-order chi connectivity index (χ1) is 10.2. The molecule has 0 aliphatic carbocycles. The molecule has 0 aromatic carbocycles. The Morgan fingerprint density at radius 3 is 1.73 bits per heavy atom. The van der Waals surface area contributed by atoms with Crippen molar-refractivity contribution in [3.63, 3.8) is 0 Å². The standard InChI is InChI=1S/C11H28OSi2.C4H11NO3/c1-5-6-7-8-9-10-11-13-12-14(2,3)4;5-4(1-6,2-7)3-8/h5-11,13H2,1-4H3;6-8H,1-3,5H2. The van der Waals surface area contributed by atoms with Gasteiger partial charge in [-0.15, -0.1) is 0 Å². The molecule has 7 heteroatoms. The minimum absolute atomic E-state index is 0.171. The molecule has 22 heavy (non-hydrogen) atoms. The molecule has 0 aliphatic heterocycles. The molecule has 0 spiro atoms. The van der Waals surface area contributed by atoms with Gasteiger partial charge in [0.05, 0.1) is 25.4 Å². The molecule has 0 fully saturated rings. The van der Waals surface area contributed by atoms with Gasteiger partial charge in [-0.3, -0.25) is 0 Å². The molecule has 0 aromatic rings. The highest BCUT2D eigenvalue weighted by atomic mass is 28.4. The maximum Gasteiger partial charge on any atom is 0.169 e. The summed E-state index contributed by atoms with van der Waals surface area (Å²) in [7, 11) is -1.35. The second-order valence-corrected chi connectivity index (χ2v) is 13.4. The normalized spacial score (nSPS) is 12.5. The average molecular weight is 354 g/mol. The van der Waals surface area contributed by atoms with E-state index in [9.17, 15) is 0 Å². The molecule has 0 aliphatic rings. The van der Waals surface area contributed by atoms with E-state index in [1.54, 1.807) is 0 Å². The molecule has 0 atom stereocenters. The Balaban J connectivity index is 0. The molecular weight excluding hydrogens is 314 g/mol. The molecule has 0 radical (unpaired) electrons. The van der Waals surface area contributed by atoms with Gasteiger partial charge in [0.15, 0.2) is 8.32 Å². The summed E-state index contributed by atoms with van der Waals surface area (Å²) < 4.78 is 5.93. The lowest BCUT2D eigenvalue weighted by molar-refractivity contribution is 0.0698. The quantitative estimate of drug-likeness (QED) is 0.314. The number of unbranched alkanes of at least 4 members (excludes halogenated alkanes) is 5. The van der Waals surface area contributed by atoms with E-state index in [0.717, 1.165) is 0 Å². The third kappa shape index (κ3) is 18.3. The smallest absolute Gasteiger partial charge is 0.169 e. The summed E-state index contributed by atoms with van der Waals surface area (Å²) in [5.74, 6) is 0. The zero-order chi connectivity index (χ0) is 17.5. The monoisotopic (exact) mass is 353 g/mol. The van der Waals surface area contributed by atoms with E-state index < -0.39 is 33.7 Å². The van der Waals surface area contributed by atoms with Crippen LogP contribution in [0.15, 0.2) is 0 Å². The van der Waals surface area contributed by atoms with E-state index in [2.05, 4.69) is 26.6 Å². The van der Waals surface area contributed by atoms with Crippen molar-refractivity contribution in [2.45, 2.75) is 76.7 Å². The predicted molar refractivity (Wildman–Crippen MR) is 99.3 cm³/mol.